The number of carbonyl (C=O) groups is 1. The van der Waals surface area contributed by atoms with Crippen LogP contribution in [-0.4, -0.2) is 47.9 Å². The minimum absolute atomic E-state index is 0.0363. The van der Waals surface area contributed by atoms with Gasteiger partial charge in [-0.3, -0.25) is 4.79 Å². The zero-order valence-electron chi connectivity index (χ0n) is 15.0. The number of hydrogen-bond acceptors (Lipinski definition) is 6. The Morgan fingerprint density at radius 3 is 2.83 bits per heavy atom. The molecule has 1 aliphatic heterocycles. The van der Waals surface area contributed by atoms with Gasteiger partial charge in [0.2, 0.25) is 15.9 Å². The number of amides is 1. The third-order valence-corrected chi connectivity index (χ3v) is 7.66. The van der Waals surface area contributed by atoms with E-state index in [1.165, 1.54) is 23.5 Å². The highest BCUT2D eigenvalue weighted by molar-refractivity contribution is 7.89. The molecule has 1 aliphatic rings. The van der Waals surface area contributed by atoms with E-state index in [-0.39, 0.29) is 23.0 Å². The SMILES string of the molecule is O=C(Nc1ccc2scnc2c1)[C@H]1CCN(S(=O)(=O)c2ccc(Cl)nc2)C[C@H]1F. The summed E-state index contributed by atoms with van der Waals surface area (Å²) in [6.07, 6.45) is -0.411. The normalized spacial score (nSPS) is 20.6. The Bertz CT molecular complexity index is 1150. The standard InChI is InChI=1S/C18H16ClFN4O3S2/c19-17-4-2-12(8-21-17)29(26,27)24-6-5-13(14(20)9-24)18(25)23-11-1-3-16-15(7-11)22-10-28-16/h1-4,7-8,10,13-14H,5-6,9H2,(H,23,25)/t13-,14+/m0/s1. The molecule has 29 heavy (non-hydrogen) atoms. The molecule has 3 heterocycles. The number of halogens is 2. The maximum absolute atomic E-state index is 14.8. The molecule has 2 atom stereocenters. The first-order valence-electron chi connectivity index (χ1n) is 8.74. The molecule has 0 spiro atoms. The highest BCUT2D eigenvalue weighted by Gasteiger charge is 2.39. The van der Waals surface area contributed by atoms with Crippen LogP contribution in [0.25, 0.3) is 10.2 Å². The zero-order valence-corrected chi connectivity index (χ0v) is 17.3. The van der Waals surface area contributed by atoms with Gasteiger partial charge in [-0.15, -0.1) is 11.3 Å². The first kappa shape index (κ1) is 20.1. The van der Waals surface area contributed by atoms with E-state index >= 15 is 0 Å². The van der Waals surface area contributed by atoms with Crippen molar-refractivity contribution in [1.82, 2.24) is 14.3 Å². The van der Waals surface area contributed by atoms with Gasteiger partial charge in [-0.2, -0.15) is 4.31 Å². The lowest BCUT2D eigenvalue weighted by Gasteiger charge is -2.33. The van der Waals surface area contributed by atoms with E-state index in [0.29, 0.717) is 5.69 Å². The van der Waals surface area contributed by atoms with Crippen LogP contribution >= 0.6 is 22.9 Å². The number of aromatic nitrogens is 2. The molecule has 0 radical (unpaired) electrons. The van der Waals surface area contributed by atoms with Crippen LogP contribution in [0.4, 0.5) is 10.1 Å². The van der Waals surface area contributed by atoms with Crippen molar-refractivity contribution < 1.29 is 17.6 Å². The number of sulfonamides is 1. The number of benzene rings is 1. The van der Waals surface area contributed by atoms with Gasteiger partial charge < -0.3 is 5.32 Å². The minimum atomic E-state index is -3.90. The summed E-state index contributed by atoms with van der Waals surface area (Å²) in [6, 6.07) is 7.99. The molecule has 0 bridgehead atoms. The van der Waals surface area contributed by atoms with E-state index in [0.717, 1.165) is 20.7 Å². The second kappa shape index (κ2) is 7.94. The topological polar surface area (TPSA) is 92.3 Å². The average Bonchev–Trinajstić information content (AvgIpc) is 3.16. The smallest absolute Gasteiger partial charge is 0.244 e. The molecule has 0 saturated carbocycles. The van der Waals surface area contributed by atoms with Gasteiger partial charge in [0.15, 0.2) is 0 Å². The number of piperidine rings is 1. The van der Waals surface area contributed by atoms with Gasteiger partial charge in [0.1, 0.15) is 16.2 Å². The molecule has 1 amide bonds. The lowest BCUT2D eigenvalue weighted by Crippen LogP contribution is -2.48. The van der Waals surface area contributed by atoms with E-state index < -0.39 is 34.6 Å². The highest BCUT2D eigenvalue weighted by Crippen LogP contribution is 2.28. The fourth-order valence-corrected chi connectivity index (χ4v) is 5.40. The number of anilines is 1. The van der Waals surface area contributed by atoms with E-state index in [2.05, 4.69) is 15.3 Å². The second-order valence-electron chi connectivity index (χ2n) is 6.61. The van der Waals surface area contributed by atoms with Gasteiger partial charge in [-0.1, -0.05) is 11.6 Å². The Labute approximate surface area is 175 Å². The van der Waals surface area contributed by atoms with Gasteiger partial charge in [0, 0.05) is 25.0 Å². The molecular weight excluding hydrogens is 439 g/mol. The van der Waals surface area contributed by atoms with Crippen LogP contribution in [-0.2, 0) is 14.8 Å². The number of carbonyl (C=O) groups excluding carboxylic acids is 1. The minimum Gasteiger partial charge on any atom is -0.326 e. The summed E-state index contributed by atoms with van der Waals surface area (Å²) < 4.78 is 42.1. The number of pyridine rings is 1. The molecule has 4 rings (SSSR count). The van der Waals surface area contributed by atoms with Gasteiger partial charge >= 0.3 is 0 Å². The Morgan fingerprint density at radius 2 is 2.10 bits per heavy atom. The average molecular weight is 455 g/mol. The van der Waals surface area contributed by atoms with Crippen LogP contribution < -0.4 is 5.32 Å². The predicted molar refractivity (Wildman–Crippen MR) is 109 cm³/mol. The summed E-state index contributed by atoms with van der Waals surface area (Å²) >= 11 is 7.18. The number of hydrogen-bond donors (Lipinski definition) is 1. The first-order valence-corrected chi connectivity index (χ1v) is 11.4. The van der Waals surface area contributed by atoms with E-state index in [1.54, 1.807) is 17.6 Å². The van der Waals surface area contributed by atoms with Crippen LogP contribution in [0.3, 0.4) is 0 Å². The predicted octanol–water partition coefficient (Wildman–Crippen LogP) is 3.33. The molecule has 0 aliphatic carbocycles. The molecule has 1 N–H and O–H groups in total. The molecule has 1 saturated heterocycles. The van der Waals surface area contributed by atoms with Crippen molar-refractivity contribution >= 4 is 54.8 Å². The number of fused-ring (bicyclic) bond motifs is 1. The summed E-state index contributed by atoms with van der Waals surface area (Å²) in [5, 5.41) is 2.87. The van der Waals surface area contributed by atoms with Gasteiger partial charge in [0.05, 0.1) is 21.6 Å². The summed E-state index contributed by atoms with van der Waals surface area (Å²) in [5.74, 6) is -1.41. The zero-order chi connectivity index (χ0) is 20.6. The summed E-state index contributed by atoms with van der Waals surface area (Å²) in [5.41, 5.74) is 2.99. The third kappa shape index (κ3) is 4.11. The molecule has 11 heteroatoms. The van der Waals surface area contributed by atoms with Crippen molar-refractivity contribution in [3.8, 4) is 0 Å². The van der Waals surface area contributed by atoms with Crippen molar-refractivity contribution in [1.29, 1.82) is 0 Å². The number of alkyl halides is 1. The van der Waals surface area contributed by atoms with Crippen LogP contribution in [0.15, 0.2) is 46.9 Å². The second-order valence-corrected chi connectivity index (χ2v) is 9.83. The third-order valence-electron chi connectivity index (χ3n) is 4.78. The molecular formula is C18H16ClFN4O3S2. The molecule has 2 aromatic heterocycles. The molecule has 1 aromatic carbocycles. The molecule has 0 unspecified atom stereocenters. The largest absolute Gasteiger partial charge is 0.326 e. The Kier molecular flexibility index (Phi) is 5.52. The Hall–Kier alpha value is -2.14. The van der Waals surface area contributed by atoms with Crippen LogP contribution in [0, 0.1) is 5.92 Å². The fourth-order valence-electron chi connectivity index (χ4n) is 3.23. The van der Waals surface area contributed by atoms with Crippen molar-refractivity contribution in [2.75, 3.05) is 18.4 Å². The lowest BCUT2D eigenvalue weighted by atomic mass is 9.95. The lowest BCUT2D eigenvalue weighted by molar-refractivity contribution is -0.123. The van der Waals surface area contributed by atoms with E-state index in [1.807, 2.05) is 6.07 Å². The quantitative estimate of drug-likeness (QED) is 0.610. The van der Waals surface area contributed by atoms with Crippen molar-refractivity contribution in [3.05, 3.63) is 47.2 Å². The van der Waals surface area contributed by atoms with Crippen molar-refractivity contribution in [2.24, 2.45) is 5.92 Å². The molecule has 7 nitrogen and oxygen atoms in total. The highest BCUT2D eigenvalue weighted by atomic mass is 35.5. The molecule has 3 aromatic rings. The monoisotopic (exact) mass is 454 g/mol. The summed E-state index contributed by atoms with van der Waals surface area (Å²) in [6.45, 7) is -0.358. The van der Waals surface area contributed by atoms with Crippen molar-refractivity contribution in [2.45, 2.75) is 17.5 Å². The number of thiazole rings is 1. The van der Waals surface area contributed by atoms with Gasteiger partial charge in [-0.05, 0) is 36.8 Å². The number of nitrogens with one attached hydrogen (secondary N) is 1. The van der Waals surface area contributed by atoms with Gasteiger partial charge in [-0.25, -0.2) is 22.8 Å². The first-order chi connectivity index (χ1) is 13.8. The number of nitrogens with zero attached hydrogens (tertiary/aromatic N) is 3. The van der Waals surface area contributed by atoms with E-state index in [9.17, 15) is 17.6 Å². The molecule has 152 valence electrons. The maximum Gasteiger partial charge on any atom is 0.244 e. The maximum atomic E-state index is 14.8. The number of rotatable bonds is 4. The molecule has 1 fully saturated rings. The van der Waals surface area contributed by atoms with E-state index in [4.69, 9.17) is 11.6 Å². The summed E-state index contributed by atoms with van der Waals surface area (Å²) in [7, 11) is -3.90. The van der Waals surface area contributed by atoms with Crippen LogP contribution in [0.2, 0.25) is 5.15 Å². The fraction of sp³-hybridized carbons (Fsp3) is 0.278. The van der Waals surface area contributed by atoms with Crippen LogP contribution in [0.1, 0.15) is 6.42 Å². The Morgan fingerprint density at radius 1 is 1.28 bits per heavy atom. The summed E-state index contributed by atoms with van der Waals surface area (Å²) in [4.78, 5) is 20.4. The van der Waals surface area contributed by atoms with Crippen molar-refractivity contribution in [3.63, 3.8) is 0 Å². The van der Waals surface area contributed by atoms with Gasteiger partial charge in [0.25, 0.3) is 0 Å². The Balaban J connectivity index is 1.44. The van der Waals surface area contributed by atoms with Crippen LogP contribution in [0.5, 0.6) is 0 Å².